The molecule has 0 amide bonds. The Morgan fingerprint density at radius 2 is 1.90 bits per heavy atom. The lowest BCUT2D eigenvalue weighted by Gasteiger charge is -2.23. The van der Waals surface area contributed by atoms with E-state index in [4.69, 9.17) is 18.6 Å². The maximum atomic E-state index is 13.8. The molecule has 0 fully saturated rings. The summed E-state index contributed by atoms with van der Waals surface area (Å²) in [5, 5.41) is 11.2. The molecule has 210 valence electrons. The number of hydrogen-bond acceptors (Lipinski definition) is 10. The van der Waals surface area contributed by atoms with Crippen molar-refractivity contribution in [2.75, 3.05) is 20.3 Å². The van der Waals surface area contributed by atoms with Gasteiger partial charge in [0.05, 0.1) is 41.4 Å². The summed E-state index contributed by atoms with van der Waals surface area (Å²) in [6.07, 6.45) is 2.99. The predicted molar refractivity (Wildman–Crippen MR) is 151 cm³/mol. The van der Waals surface area contributed by atoms with E-state index >= 15 is 0 Å². The molecule has 0 bridgehead atoms. The van der Waals surface area contributed by atoms with Crippen LogP contribution in [0.2, 0.25) is 0 Å². The van der Waals surface area contributed by atoms with E-state index in [0.717, 1.165) is 11.3 Å². The van der Waals surface area contributed by atoms with Crippen molar-refractivity contribution in [2.45, 2.75) is 19.9 Å². The number of benzene rings is 2. The molecule has 0 N–H and O–H groups in total. The molecular formula is C29H25N3O8S. The van der Waals surface area contributed by atoms with E-state index in [1.165, 1.54) is 30.0 Å². The molecule has 0 spiro atoms. The van der Waals surface area contributed by atoms with Gasteiger partial charge in [-0.1, -0.05) is 29.5 Å². The number of fused-ring (bicyclic) bond motifs is 1. The van der Waals surface area contributed by atoms with Crippen molar-refractivity contribution in [3.05, 3.63) is 107 Å². The molecule has 1 atom stereocenters. The van der Waals surface area contributed by atoms with Gasteiger partial charge in [-0.05, 0) is 43.7 Å². The van der Waals surface area contributed by atoms with Crippen LogP contribution in [-0.4, -0.2) is 35.8 Å². The van der Waals surface area contributed by atoms with Gasteiger partial charge in [0.1, 0.15) is 11.5 Å². The molecular weight excluding hydrogens is 550 g/mol. The summed E-state index contributed by atoms with van der Waals surface area (Å²) < 4.78 is 24.1. The fourth-order valence-corrected chi connectivity index (χ4v) is 5.42. The Balaban J connectivity index is 1.59. The number of methoxy groups -OCH3 is 1. The number of hydrogen-bond donors (Lipinski definition) is 0. The van der Waals surface area contributed by atoms with Gasteiger partial charge in [0.2, 0.25) is 0 Å². The molecule has 0 radical (unpaired) electrons. The molecule has 1 aliphatic rings. The zero-order valence-electron chi connectivity index (χ0n) is 22.4. The number of nitrogens with zero attached hydrogens (tertiary/aromatic N) is 3. The molecule has 5 rings (SSSR count). The first-order chi connectivity index (χ1) is 19.8. The minimum Gasteiger partial charge on any atom is -0.490 e. The number of esters is 1. The lowest BCUT2D eigenvalue weighted by molar-refractivity contribution is -0.384. The predicted octanol–water partition coefficient (Wildman–Crippen LogP) is 3.98. The van der Waals surface area contributed by atoms with Gasteiger partial charge >= 0.3 is 5.97 Å². The van der Waals surface area contributed by atoms with Crippen LogP contribution >= 0.6 is 11.3 Å². The van der Waals surface area contributed by atoms with Crippen LogP contribution in [0, 0.1) is 10.1 Å². The third kappa shape index (κ3) is 5.41. The molecule has 0 saturated carbocycles. The summed E-state index contributed by atoms with van der Waals surface area (Å²) in [5.41, 5.74) is 0.889. The van der Waals surface area contributed by atoms with E-state index in [1.807, 2.05) is 13.8 Å². The Morgan fingerprint density at radius 3 is 2.63 bits per heavy atom. The number of non-ortho nitro benzene ring substituents is 1. The number of carbonyl (C=O) groups excluding carboxylic acids is 1. The quantitative estimate of drug-likeness (QED) is 0.166. The van der Waals surface area contributed by atoms with Crippen LogP contribution in [0.15, 0.2) is 80.6 Å². The van der Waals surface area contributed by atoms with Crippen molar-refractivity contribution in [1.29, 1.82) is 0 Å². The SMILES string of the molecule is CCOc1ccc([C@H]2C(C(=O)OC)=CN=c3s/c(=C\c4ccc(-c5cccc([N+](=O)[O-])c5)o4)c(=O)n32)cc1OCC. The zero-order valence-corrected chi connectivity index (χ0v) is 23.2. The van der Waals surface area contributed by atoms with Crippen LogP contribution < -0.4 is 24.4 Å². The molecule has 11 nitrogen and oxygen atoms in total. The van der Waals surface area contributed by atoms with Crippen LogP contribution in [0.25, 0.3) is 17.4 Å². The van der Waals surface area contributed by atoms with E-state index < -0.39 is 16.9 Å². The van der Waals surface area contributed by atoms with Gasteiger partial charge in [0.15, 0.2) is 16.3 Å². The van der Waals surface area contributed by atoms with Gasteiger partial charge in [-0.25, -0.2) is 9.79 Å². The van der Waals surface area contributed by atoms with Gasteiger partial charge < -0.3 is 18.6 Å². The van der Waals surface area contributed by atoms with Crippen LogP contribution in [0.1, 0.15) is 31.2 Å². The smallest absolute Gasteiger partial charge is 0.337 e. The Kier molecular flexibility index (Phi) is 7.83. The average Bonchev–Trinajstić information content (AvgIpc) is 3.58. The second-order valence-corrected chi connectivity index (χ2v) is 9.77. The van der Waals surface area contributed by atoms with Crippen molar-refractivity contribution in [1.82, 2.24) is 4.57 Å². The van der Waals surface area contributed by atoms with E-state index in [0.29, 0.717) is 56.7 Å². The standard InChI is InChI=1S/C29H25N3O8S/c1-4-38-23-11-9-18(14-24(23)39-5-2)26-21(28(34)37-3)16-30-29-31(26)27(33)25(41-29)15-20-10-12-22(40-20)17-7-6-8-19(13-17)32(35)36/h6-16,26H,4-5H2,1-3H3/b25-15-/t26-/m0/s1. The minimum atomic E-state index is -0.826. The molecule has 2 aromatic carbocycles. The maximum absolute atomic E-state index is 13.8. The van der Waals surface area contributed by atoms with Gasteiger partial charge in [0.25, 0.3) is 11.2 Å². The van der Waals surface area contributed by atoms with Crippen LogP contribution in [0.3, 0.4) is 0 Å². The van der Waals surface area contributed by atoms with Gasteiger partial charge in [-0.2, -0.15) is 0 Å². The highest BCUT2D eigenvalue weighted by Crippen LogP contribution is 2.35. The van der Waals surface area contributed by atoms with E-state index in [1.54, 1.807) is 48.5 Å². The number of ether oxygens (including phenoxy) is 3. The van der Waals surface area contributed by atoms with E-state index in [2.05, 4.69) is 4.99 Å². The maximum Gasteiger partial charge on any atom is 0.337 e. The number of aromatic nitrogens is 1. The van der Waals surface area contributed by atoms with Crippen molar-refractivity contribution in [2.24, 2.45) is 4.99 Å². The normalized spacial score (nSPS) is 14.6. The number of furan rings is 1. The van der Waals surface area contributed by atoms with Crippen LogP contribution in [-0.2, 0) is 9.53 Å². The monoisotopic (exact) mass is 575 g/mol. The highest BCUT2D eigenvalue weighted by Gasteiger charge is 2.31. The average molecular weight is 576 g/mol. The third-order valence-corrected chi connectivity index (χ3v) is 7.25. The Hall–Kier alpha value is -4.97. The summed E-state index contributed by atoms with van der Waals surface area (Å²) >= 11 is 1.14. The number of nitro benzene ring substituents is 1. The topological polar surface area (TPSA) is 135 Å². The third-order valence-electron chi connectivity index (χ3n) is 6.25. The Morgan fingerprint density at radius 1 is 1.12 bits per heavy atom. The Labute approximate surface area is 237 Å². The number of carbonyl (C=O) groups is 1. The largest absolute Gasteiger partial charge is 0.490 e. The van der Waals surface area contributed by atoms with Crippen molar-refractivity contribution in [3.63, 3.8) is 0 Å². The second-order valence-electron chi connectivity index (χ2n) is 8.76. The lowest BCUT2D eigenvalue weighted by Crippen LogP contribution is -2.39. The van der Waals surface area contributed by atoms with Crippen LogP contribution in [0.4, 0.5) is 5.69 Å². The van der Waals surface area contributed by atoms with Gasteiger partial charge in [-0.3, -0.25) is 19.5 Å². The van der Waals surface area contributed by atoms with Gasteiger partial charge in [0, 0.05) is 30.0 Å². The summed E-state index contributed by atoms with van der Waals surface area (Å²) in [6.45, 7) is 4.56. The molecule has 0 aliphatic carbocycles. The molecule has 3 heterocycles. The fraction of sp³-hybridized carbons (Fsp3) is 0.207. The molecule has 4 aromatic rings. The number of thiazole rings is 1. The fourth-order valence-electron chi connectivity index (χ4n) is 4.47. The summed E-state index contributed by atoms with van der Waals surface area (Å²) in [7, 11) is 1.27. The molecule has 1 aliphatic heterocycles. The molecule has 12 heteroatoms. The molecule has 0 saturated heterocycles. The van der Waals surface area contributed by atoms with Crippen molar-refractivity contribution < 1.29 is 28.3 Å². The first kappa shape index (κ1) is 27.6. The highest BCUT2D eigenvalue weighted by molar-refractivity contribution is 7.07. The van der Waals surface area contributed by atoms with Crippen molar-refractivity contribution in [3.8, 4) is 22.8 Å². The second kappa shape index (κ2) is 11.6. The number of rotatable bonds is 9. The number of nitro groups is 1. The van der Waals surface area contributed by atoms with Crippen LogP contribution in [0.5, 0.6) is 11.5 Å². The first-order valence-corrected chi connectivity index (χ1v) is 13.5. The van der Waals surface area contributed by atoms with Crippen molar-refractivity contribution >= 4 is 29.1 Å². The lowest BCUT2D eigenvalue weighted by atomic mass is 9.97. The minimum absolute atomic E-state index is 0.0584. The molecule has 0 unspecified atom stereocenters. The Bertz CT molecular complexity index is 1850. The summed E-state index contributed by atoms with van der Waals surface area (Å²) in [5.74, 6) is 1.20. The first-order valence-electron chi connectivity index (χ1n) is 12.7. The zero-order chi connectivity index (χ0) is 29.1. The summed E-state index contributed by atoms with van der Waals surface area (Å²) in [4.78, 5) is 42.0. The molecule has 2 aromatic heterocycles. The molecule has 41 heavy (non-hydrogen) atoms. The van der Waals surface area contributed by atoms with E-state index in [9.17, 15) is 19.7 Å². The van der Waals surface area contributed by atoms with Gasteiger partial charge in [-0.15, -0.1) is 0 Å². The summed E-state index contributed by atoms with van der Waals surface area (Å²) in [6, 6.07) is 13.9. The highest BCUT2D eigenvalue weighted by atomic mass is 32.1. The van der Waals surface area contributed by atoms with E-state index in [-0.39, 0.29) is 16.8 Å².